The molecule has 0 aliphatic heterocycles. The second-order valence-corrected chi connectivity index (χ2v) is 4.36. The van der Waals surface area contributed by atoms with Crippen LogP contribution >= 0.6 is 0 Å². The molecular formula is C14H15NO2. The van der Waals surface area contributed by atoms with Gasteiger partial charge >= 0.3 is 5.97 Å². The van der Waals surface area contributed by atoms with Gasteiger partial charge < -0.3 is 10.8 Å². The number of hydrogen-bond donors (Lipinski definition) is 2. The van der Waals surface area contributed by atoms with Gasteiger partial charge in [-0.05, 0) is 30.5 Å². The molecule has 0 fully saturated rings. The topological polar surface area (TPSA) is 63.3 Å². The first-order chi connectivity index (χ1) is 8.03. The molecule has 88 valence electrons. The van der Waals surface area contributed by atoms with E-state index < -0.39 is 11.5 Å². The van der Waals surface area contributed by atoms with Gasteiger partial charge in [-0.2, -0.15) is 0 Å². The quantitative estimate of drug-likeness (QED) is 0.816. The highest BCUT2D eigenvalue weighted by molar-refractivity contribution is 5.90. The minimum atomic E-state index is -0.909. The lowest BCUT2D eigenvalue weighted by Gasteiger charge is -2.29. The highest BCUT2D eigenvalue weighted by Gasteiger charge is 2.27. The lowest BCUT2D eigenvalue weighted by Crippen LogP contribution is -2.36. The predicted molar refractivity (Wildman–Crippen MR) is 66.5 cm³/mol. The molecule has 0 heterocycles. The third-order valence-electron chi connectivity index (χ3n) is 3.11. The molecule has 1 aromatic rings. The van der Waals surface area contributed by atoms with Crippen molar-refractivity contribution in [2.24, 2.45) is 5.73 Å². The molecule has 3 N–H and O–H groups in total. The molecule has 0 saturated carbocycles. The van der Waals surface area contributed by atoms with E-state index in [4.69, 9.17) is 10.8 Å². The van der Waals surface area contributed by atoms with E-state index in [2.05, 4.69) is 0 Å². The lowest BCUT2D eigenvalue weighted by molar-refractivity contribution is -0.132. The van der Waals surface area contributed by atoms with Crippen molar-refractivity contribution < 1.29 is 9.90 Å². The van der Waals surface area contributed by atoms with Crippen molar-refractivity contribution in [2.75, 3.05) is 0 Å². The molecule has 1 aliphatic carbocycles. The second kappa shape index (κ2) is 4.18. The average molecular weight is 229 g/mol. The Balaban J connectivity index is 2.34. The van der Waals surface area contributed by atoms with Crippen LogP contribution in [0.15, 0.2) is 48.1 Å². The highest BCUT2D eigenvalue weighted by atomic mass is 16.4. The van der Waals surface area contributed by atoms with Gasteiger partial charge in [0.2, 0.25) is 0 Å². The van der Waals surface area contributed by atoms with Gasteiger partial charge in [0.15, 0.2) is 0 Å². The van der Waals surface area contributed by atoms with E-state index >= 15 is 0 Å². The van der Waals surface area contributed by atoms with Crippen LogP contribution in [-0.2, 0) is 10.3 Å². The van der Waals surface area contributed by atoms with E-state index in [-0.39, 0.29) is 0 Å². The van der Waals surface area contributed by atoms with E-state index in [1.807, 2.05) is 31.2 Å². The highest BCUT2D eigenvalue weighted by Crippen LogP contribution is 2.30. The number of aliphatic carboxylic acids is 1. The van der Waals surface area contributed by atoms with Gasteiger partial charge in [-0.15, -0.1) is 0 Å². The maximum Gasteiger partial charge on any atom is 0.335 e. The Labute approximate surface area is 100 Å². The molecule has 0 bridgehead atoms. The maximum atomic E-state index is 10.8. The van der Waals surface area contributed by atoms with Crippen molar-refractivity contribution in [2.45, 2.75) is 18.9 Å². The first kappa shape index (κ1) is 11.6. The summed E-state index contributed by atoms with van der Waals surface area (Å²) in [6.45, 7) is 2.01. The summed E-state index contributed by atoms with van der Waals surface area (Å²) in [6.07, 6.45) is 5.54. The molecule has 0 saturated heterocycles. The first-order valence-corrected chi connectivity index (χ1v) is 5.50. The first-order valence-electron chi connectivity index (χ1n) is 5.50. The Hall–Kier alpha value is -1.87. The fourth-order valence-corrected chi connectivity index (χ4v) is 2.11. The largest absolute Gasteiger partial charge is 0.478 e. The van der Waals surface area contributed by atoms with Crippen LogP contribution < -0.4 is 5.73 Å². The Morgan fingerprint density at radius 1 is 1.41 bits per heavy atom. The molecule has 2 rings (SSSR count). The molecule has 17 heavy (non-hydrogen) atoms. The van der Waals surface area contributed by atoms with Gasteiger partial charge in [-0.3, -0.25) is 0 Å². The van der Waals surface area contributed by atoms with Crippen LogP contribution in [0.4, 0.5) is 0 Å². The van der Waals surface area contributed by atoms with Gasteiger partial charge in [0.25, 0.3) is 0 Å². The summed E-state index contributed by atoms with van der Waals surface area (Å²) in [7, 11) is 0. The molecular weight excluding hydrogens is 214 g/mol. The number of benzene rings is 1. The van der Waals surface area contributed by atoms with Crippen molar-refractivity contribution in [1.82, 2.24) is 0 Å². The summed E-state index contributed by atoms with van der Waals surface area (Å²) in [5.41, 5.74) is 8.19. The number of hydrogen-bond acceptors (Lipinski definition) is 2. The van der Waals surface area contributed by atoms with Crippen LogP contribution in [0.1, 0.15) is 17.5 Å². The van der Waals surface area contributed by atoms with E-state index in [1.165, 1.54) is 0 Å². The standard InChI is InChI=1S/C14H15NO2/c1-10-4-2-3-5-12(10)14(15)8-6-11(7-9-14)13(16)17/h2-8H,9,15H2,1H3,(H,16,17). The van der Waals surface area contributed by atoms with E-state index in [1.54, 1.807) is 18.2 Å². The summed E-state index contributed by atoms with van der Waals surface area (Å²) in [6, 6.07) is 7.90. The fraction of sp³-hybridized carbons (Fsp3) is 0.214. The van der Waals surface area contributed by atoms with Crippen molar-refractivity contribution in [3.8, 4) is 0 Å². The van der Waals surface area contributed by atoms with E-state index in [9.17, 15) is 4.79 Å². The van der Waals surface area contributed by atoms with Gasteiger partial charge in [0.05, 0.1) is 11.1 Å². The SMILES string of the molecule is Cc1ccccc1C1(N)C=CC(C(=O)O)=CC1. The van der Waals surface area contributed by atoms with Crippen molar-refractivity contribution in [3.05, 3.63) is 59.2 Å². The molecule has 0 radical (unpaired) electrons. The summed E-state index contributed by atoms with van der Waals surface area (Å²) in [5.74, 6) is -0.909. The molecule has 0 aromatic heterocycles. The van der Waals surface area contributed by atoms with Crippen LogP contribution in [0, 0.1) is 6.92 Å². The molecule has 0 spiro atoms. The van der Waals surface area contributed by atoms with Crippen molar-refractivity contribution in [1.29, 1.82) is 0 Å². The summed E-state index contributed by atoms with van der Waals surface area (Å²) in [4.78, 5) is 10.8. The summed E-state index contributed by atoms with van der Waals surface area (Å²) >= 11 is 0. The van der Waals surface area contributed by atoms with E-state index in [0.717, 1.165) is 11.1 Å². The van der Waals surface area contributed by atoms with Gasteiger partial charge in [0, 0.05) is 0 Å². The number of nitrogens with two attached hydrogens (primary N) is 1. The predicted octanol–water partition coefficient (Wildman–Crippen LogP) is 2.12. The van der Waals surface area contributed by atoms with Crippen LogP contribution in [-0.4, -0.2) is 11.1 Å². The Bertz CT molecular complexity index is 517. The Morgan fingerprint density at radius 2 is 2.12 bits per heavy atom. The minimum Gasteiger partial charge on any atom is -0.478 e. The normalized spacial score (nSPS) is 23.3. The monoisotopic (exact) mass is 229 g/mol. The molecule has 1 unspecified atom stereocenters. The molecule has 0 amide bonds. The lowest BCUT2D eigenvalue weighted by atomic mass is 9.81. The number of carboxylic acid groups (broad SMARTS) is 1. The zero-order valence-corrected chi connectivity index (χ0v) is 9.68. The number of aryl methyl sites for hydroxylation is 1. The third-order valence-corrected chi connectivity index (χ3v) is 3.11. The van der Waals surface area contributed by atoms with E-state index in [0.29, 0.717) is 12.0 Å². The number of carbonyl (C=O) groups is 1. The Kier molecular flexibility index (Phi) is 2.86. The van der Waals surface area contributed by atoms with Gasteiger partial charge in [-0.1, -0.05) is 36.4 Å². The zero-order chi connectivity index (χ0) is 12.5. The molecule has 3 heteroatoms. The van der Waals surface area contributed by atoms with Crippen LogP contribution in [0.2, 0.25) is 0 Å². The smallest absolute Gasteiger partial charge is 0.335 e. The third kappa shape index (κ3) is 2.15. The minimum absolute atomic E-state index is 0.305. The maximum absolute atomic E-state index is 10.8. The molecule has 1 aromatic carbocycles. The second-order valence-electron chi connectivity index (χ2n) is 4.36. The Morgan fingerprint density at radius 3 is 2.65 bits per heavy atom. The zero-order valence-electron chi connectivity index (χ0n) is 9.68. The van der Waals surface area contributed by atoms with Gasteiger partial charge in [0.1, 0.15) is 0 Å². The molecule has 1 aliphatic rings. The summed E-state index contributed by atoms with van der Waals surface area (Å²) in [5, 5.41) is 8.87. The van der Waals surface area contributed by atoms with Crippen LogP contribution in [0.25, 0.3) is 0 Å². The molecule has 1 atom stereocenters. The number of carboxylic acids is 1. The van der Waals surface area contributed by atoms with Crippen molar-refractivity contribution >= 4 is 5.97 Å². The van der Waals surface area contributed by atoms with Crippen molar-refractivity contribution in [3.63, 3.8) is 0 Å². The molecule has 3 nitrogen and oxygen atoms in total. The summed E-state index contributed by atoms with van der Waals surface area (Å²) < 4.78 is 0. The van der Waals surface area contributed by atoms with Gasteiger partial charge in [-0.25, -0.2) is 4.79 Å². The van der Waals surface area contributed by atoms with Crippen LogP contribution in [0.5, 0.6) is 0 Å². The fourth-order valence-electron chi connectivity index (χ4n) is 2.11. The average Bonchev–Trinajstić information content (AvgIpc) is 2.30. The van der Waals surface area contributed by atoms with Crippen LogP contribution in [0.3, 0.4) is 0 Å². The number of rotatable bonds is 2.